The minimum absolute atomic E-state index is 0.00226. The number of alkyl halides is 3. The standard InChI is InChI=1S/C29H35F3N4O5S/c1-4-28(5-2)17-25(37)36(27(33)35-28)22(13-14-42(3,39)40)18-9-8-10-19(15-18)26(38)34-21-16-24(29(30,31)32)41-23-12-7-6-11-20(21)23/h6-12,15,21-22,24H,4-5,13-14,16-17H2,1-3H3,(H2,33,35)(H,34,38)/t21-,22?,24?/m0/s1. The van der Waals surface area contributed by atoms with E-state index in [0.29, 0.717) is 24.0 Å². The zero-order valence-corrected chi connectivity index (χ0v) is 24.5. The molecule has 2 amide bonds. The Kier molecular flexibility index (Phi) is 8.91. The third-order valence-corrected chi connectivity index (χ3v) is 8.93. The predicted octanol–water partition coefficient (Wildman–Crippen LogP) is 4.45. The van der Waals surface area contributed by atoms with Gasteiger partial charge in [0.1, 0.15) is 15.6 Å². The smallest absolute Gasteiger partial charge is 0.425 e. The molecule has 4 rings (SSSR count). The number of guanidine groups is 1. The Hall–Kier alpha value is -3.61. The Bertz CT molecular complexity index is 1470. The van der Waals surface area contributed by atoms with Crippen LogP contribution in [-0.2, 0) is 14.6 Å². The van der Waals surface area contributed by atoms with Crippen LogP contribution in [0, 0.1) is 0 Å². The fourth-order valence-corrected chi connectivity index (χ4v) is 6.13. The second-order valence-corrected chi connectivity index (χ2v) is 13.1. The number of amides is 2. The summed E-state index contributed by atoms with van der Waals surface area (Å²) in [4.78, 5) is 32.7. The molecule has 2 aliphatic rings. The van der Waals surface area contributed by atoms with Gasteiger partial charge in [-0.25, -0.2) is 13.4 Å². The molecule has 2 unspecified atom stereocenters. The van der Waals surface area contributed by atoms with Crippen molar-refractivity contribution in [2.75, 3.05) is 12.0 Å². The van der Waals surface area contributed by atoms with Crippen molar-refractivity contribution >= 4 is 27.6 Å². The highest BCUT2D eigenvalue weighted by atomic mass is 32.2. The average Bonchev–Trinajstić information content (AvgIpc) is 2.93. The molecular weight excluding hydrogens is 573 g/mol. The van der Waals surface area contributed by atoms with Crippen LogP contribution in [0.1, 0.15) is 79.5 Å². The number of nitrogens with two attached hydrogens (primary N) is 1. The lowest BCUT2D eigenvalue weighted by molar-refractivity contribution is -0.201. The number of ether oxygens (including phenoxy) is 1. The van der Waals surface area contributed by atoms with Crippen LogP contribution >= 0.6 is 0 Å². The van der Waals surface area contributed by atoms with Crippen molar-refractivity contribution < 1.29 is 35.9 Å². The lowest BCUT2D eigenvalue weighted by atomic mass is 9.87. The Morgan fingerprint density at radius 1 is 1.19 bits per heavy atom. The van der Waals surface area contributed by atoms with E-state index in [1.165, 1.54) is 23.1 Å². The molecule has 2 aromatic rings. The lowest BCUT2D eigenvalue weighted by Crippen LogP contribution is -2.52. The summed E-state index contributed by atoms with van der Waals surface area (Å²) in [7, 11) is -3.43. The minimum Gasteiger partial charge on any atom is -0.480 e. The van der Waals surface area contributed by atoms with Gasteiger partial charge in [0.2, 0.25) is 5.91 Å². The lowest BCUT2D eigenvalue weighted by Gasteiger charge is -2.40. The summed E-state index contributed by atoms with van der Waals surface area (Å²) in [6, 6.07) is 10.6. The third-order valence-electron chi connectivity index (χ3n) is 7.95. The zero-order valence-electron chi connectivity index (χ0n) is 23.6. The van der Waals surface area contributed by atoms with E-state index in [9.17, 15) is 31.2 Å². The van der Waals surface area contributed by atoms with E-state index < -0.39 is 52.1 Å². The number of fused-ring (bicyclic) bond motifs is 1. The van der Waals surface area contributed by atoms with Crippen molar-refractivity contribution in [3.63, 3.8) is 0 Å². The summed E-state index contributed by atoms with van der Waals surface area (Å²) in [5.41, 5.74) is 6.66. The summed E-state index contributed by atoms with van der Waals surface area (Å²) in [6.07, 6.45) is -4.85. The predicted molar refractivity (Wildman–Crippen MR) is 152 cm³/mol. The van der Waals surface area contributed by atoms with Crippen molar-refractivity contribution in [1.82, 2.24) is 10.2 Å². The highest BCUT2D eigenvalue weighted by Crippen LogP contribution is 2.40. The molecule has 2 aromatic carbocycles. The molecule has 0 fully saturated rings. The van der Waals surface area contributed by atoms with Crippen LogP contribution in [0.4, 0.5) is 13.2 Å². The second kappa shape index (κ2) is 11.9. The summed E-state index contributed by atoms with van der Waals surface area (Å²) >= 11 is 0. The number of aliphatic imine (C=N–C) groups is 1. The molecule has 0 aromatic heterocycles. The number of benzene rings is 2. The molecule has 0 saturated carbocycles. The maximum atomic E-state index is 13.6. The van der Waals surface area contributed by atoms with Gasteiger partial charge in [0.05, 0.1) is 29.8 Å². The quantitative estimate of drug-likeness (QED) is 0.433. The van der Waals surface area contributed by atoms with Crippen molar-refractivity contribution in [2.45, 2.75) is 75.9 Å². The van der Waals surface area contributed by atoms with Gasteiger partial charge >= 0.3 is 6.18 Å². The fourth-order valence-electron chi connectivity index (χ4n) is 5.48. The first kappa shape index (κ1) is 31.3. The van der Waals surface area contributed by atoms with E-state index in [1.807, 2.05) is 13.8 Å². The molecule has 3 atom stereocenters. The van der Waals surface area contributed by atoms with Gasteiger partial charge < -0.3 is 15.8 Å². The van der Waals surface area contributed by atoms with Gasteiger partial charge in [0.15, 0.2) is 12.1 Å². The molecule has 42 heavy (non-hydrogen) atoms. The van der Waals surface area contributed by atoms with Crippen molar-refractivity contribution in [3.05, 3.63) is 65.2 Å². The molecule has 0 radical (unpaired) electrons. The average molecular weight is 609 g/mol. The van der Waals surface area contributed by atoms with E-state index in [2.05, 4.69) is 10.3 Å². The normalized spacial score (nSPS) is 21.1. The van der Waals surface area contributed by atoms with Gasteiger partial charge in [0.25, 0.3) is 5.91 Å². The Balaban J connectivity index is 1.66. The first-order valence-corrected chi connectivity index (χ1v) is 15.8. The van der Waals surface area contributed by atoms with Crippen LogP contribution in [0.3, 0.4) is 0 Å². The van der Waals surface area contributed by atoms with Gasteiger partial charge in [-0.2, -0.15) is 13.2 Å². The Morgan fingerprint density at radius 2 is 1.88 bits per heavy atom. The van der Waals surface area contributed by atoms with E-state index in [-0.39, 0.29) is 41.8 Å². The topological polar surface area (TPSA) is 131 Å². The van der Waals surface area contributed by atoms with E-state index in [0.717, 1.165) is 6.26 Å². The first-order chi connectivity index (χ1) is 19.7. The summed E-state index contributed by atoms with van der Waals surface area (Å²) in [5, 5.41) is 2.70. The van der Waals surface area contributed by atoms with Crippen molar-refractivity contribution in [2.24, 2.45) is 10.7 Å². The number of rotatable bonds is 9. The highest BCUT2D eigenvalue weighted by Gasteiger charge is 2.46. The van der Waals surface area contributed by atoms with Gasteiger partial charge in [-0.3, -0.25) is 14.5 Å². The molecule has 0 bridgehead atoms. The first-order valence-electron chi connectivity index (χ1n) is 13.7. The van der Waals surface area contributed by atoms with Crippen molar-refractivity contribution in [1.29, 1.82) is 0 Å². The molecule has 2 aliphatic heterocycles. The van der Waals surface area contributed by atoms with Crippen LogP contribution in [0.15, 0.2) is 53.5 Å². The maximum absolute atomic E-state index is 13.6. The number of halogens is 3. The molecule has 13 heteroatoms. The molecule has 0 spiro atoms. The van der Waals surface area contributed by atoms with E-state index >= 15 is 0 Å². The third kappa shape index (κ3) is 6.88. The summed E-state index contributed by atoms with van der Waals surface area (Å²) < 4.78 is 70.0. The highest BCUT2D eigenvalue weighted by molar-refractivity contribution is 7.90. The number of carbonyl (C=O) groups is 2. The van der Waals surface area contributed by atoms with Gasteiger partial charge in [0, 0.05) is 23.8 Å². The summed E-state index contributed by atoms with van der Waals surface area (Å²) in [5.74, 6) is -1.18. The number of sulfone groups is 1. The van der Waals surface area contributed by atoms with Gasteiger partial charge in [-0.15, -0.1) is 0 Å². The fraction of sp³-hybridized carbons (Fsp3) is 0.483. The Labute approximate surface area is 243 Å². The maximum Gasteiger partial charge on any atom is 0.425 e. The molecule has 9 nitrogen and oxygen atoms in total. The number of hydrogen-bond acceptors (Lipinski definition) is 7. The van der Waals surface area contributed by atoms with Gasteiger partial charge in [-0.05, 0) is 43.0 Å². The number of para-hydroxylation sites is 1. The number of nitrogens with zero attached hydrogens (tertiary/aromatic N) is 2. The number of hydrogen-bond donors (Lipinski definition) is 2. The van der Waals surface area contributed by atoms with Crippen LogP contribution in [-0.4, -0.2) is 60.9 Å². The van der Waals surface area contributed by atoms with Crippen LogP contribution < -0.4 is 15.8 Å². The van der Waals surface area contributed by atoms with E-state index in [4.69, 9.17) is 10.5 Å². The second-order valence-electron chi connectivity index (χ2n) is 10.8. The molecule has 0 aliphatic carbocycles. The monoisotopic (exact) mass is 608 g/mol. The van der Waals surface area contributed by atoms with Crippen LogP contribution in [0.5, 0.6) is 5.75 Å². The molecule has 2 heterocycles. The molecule has 228 valence electrons. The van der Waals surface area contributed by atoms with Gasteiger partial charge in [-0.1, -0.05) is 44.2 Å². The van der Waals surface area contributed by atoms with E-state index in [1.54, 1.807) is 30.3 Å². The SMILES string of the molecule is CCC1(CC)CC(=O)N(C(CCS(C)(=O)=O)c2cccc(C(=O)N[C@H]3CC(C(F)(F)F)Oc4ccccc43)c2)C(N)=N1. The molecular formula is C29H35F3N4O5S. The number of carbonyl (C=O) groups excluding carboxylic acids is 2. The zero-order chi connectivity index (χ0) is 30.9. The minimum atomic E-state index is -4.63. The van der Waals surface area contributed by atoms with Crippen molar-refractivity contribution in [3.8, 4) is 5.75 Å². The van der Waals surface area contributed by atoms with Crippen LogP contribution in [0.2, 0.25) is 0 Å². The largest absolute Gasteiger partial charge is 0.480 e. The molecule has 3 N–H and O–H groups in total. The molecule has 0 saturated heterocycles. The summed E-state index contributed by atoms with van der Waals surface area (Å²) in [6.45, 7) is 3.83. The Morgan fingerprint density at radius 3 is 2.50 bits per heavy atom. The number of nitrogens with one attached hydrogen (secondary N) is 1. The van der Waals surface area contributed by atoms with Crippen LogP contribution in [0.25, 0.3) is 0 Å².